The highest BCUT2D eigenvalue weighted by molar-refractivity contribution is 6.33. The Morgan fingerprint density at radius 1 is 1.42 bits per heavy atom. The Morgan fingerprint density at radius 2 is 2.21 bits per heavy atom. The van der Waals surface area contributed by atoms with Gasteiger partial charge in [-0.05, 0) is 31.2 Å². The second-order valence-electron chi connectivity index (χ2n) is 3.74. The fraction of sp³-hybridized carbons (Fsp3) is 0.0769. The maximum atomic E-state index is 13.4. The van der Waals surface area contributed by atoms with Crippen LogP contribution in [0, 0.1) is 12.7 Å². The maximum Gasteiger partial charge on any atom is 0.307 e. The first-order chi connectivity index (χ1) is 9.08. The van der Waals surface area contributed by atoms with Gasteiger partial charge in [-0.2, -0.15) is 5.10 Å². The average Bonchev–Trinajstić information content (AvgIpc) is 2.79. The van der Waals surface area contributed by atoms with Crippen LogP contribution in [-0.4, -0.2) is 12.1 Å². The van der Waals surface area contributed by atoms with E-state index >= 15 is 0 Å². The fourth-order valence-corrected chi connectivity index (χ4v) is 1.61. The van der Waals surface area contributed by atoms with Crippen molar-refractivity contribution in [2.45, 2.75) is 6.92 Å². The van der Waals surface area contributed by atoms with Crippen LogP contribution in [-0.2, 0) is 0 Å². The summed E-state index contributed by atoms with van der Waals surface area (Å²) in [6, 6.07) is 7.45. The molecule has 0 saturated heterocycles. The monoisotopic (exact) mass is 280 g/mol. The van der Waals surface area contributed by atoms with Gasteiger partial charge in [-0.25, -0.2) is 9.82 Å². The molecule has 1 aromatic carbocycles. The van der Waals surface area contributed by atoms with E-state index in [1.54, 1.807) is 13.0 Å². The van der Waals surface area contributed by atoms with Crippen LogP contribution in [0.25, 0.3) is 0 Å². The zero-order valence-corrected chi connectivity index (χ0v) is 10.7. The molecule has 0 aliphatic rings. The molecule has 6 heteroatoms. The summed E-state index contributed by atoms with van der Waals surface area (Å²) in [5, 5.41) is 3.85. The minimum Gasteiger partial charge on any atom is -0.456 e. The molecule has 1 N–H and O–H groups in total. The number of carbonyl (C=O) groups is 1. The van der Waals surface area contributed by atoms with Gasteiger partial charge in [-0.15, -0.1) is 0 Å². The summed E-state index contributed by atoms with van der Waals surface area (Å²) in [5.74, 6) is -0.281. The topological polar surface area (TPSA) is 54.6 Å². The van der Waals surface area contributed by atoms with E-state index in [9.17, 15) is 9.18 Å². The number of nitrogens with one attached hydrogen (secondary N) is 1. The van der Waals surface area contributed by atoms with E-state index in [4.69, 9.17) is 16.0 Å². The zero-order chi connectivity index (χ0) is 13.8. The summed E-state index contributed by atoms with van der Waals surface area (Å²) >= 11 is 5.80. The first-order valence-electron chi connectivity index (χ1n) is 5.42. The number of hydrogen-bond acceptors (Lipinski definition) is 3. The summed E-state index contributed by atoms with van der Waals surface area (Å²) in [6.07, 6.45) is 1.14. The van der Waals surface area contributed by atoms with Crippen molar-refractivity contribution in [1.82, 2.24) is 5.43 Å². The second-order valence-corrected chi connectivity index (χ2v) is 4.15. The van der Waals surface area contributed by atoms with Crippen molar-refractivity contribution < 1.29 is 13.6 Å². The van der Waals surface area contributed by atoms with Gasteiger partial charge < -0.3 is 4.42 Å². The van der Waals surface area contributed by atoms with Gasteiger partial charge in [0.25, 0.3) is 0 Å². The molecule has 4 nitrogen and oxygen atoms in total. The number of carbonyl (C=O) groups excluding carboxylic acids is 1. The van der Waals surface area contributed by atoms with Crippen LogP contribution in [0.15, 0.2) is 39.9 Å². The molecule has 0 fully saturated rings. The third-order valence-electron chi connectivity index (χ3n) is 2.32. The predicted octanol–water partition coefficient (Wildman–Crippen LogP) is 3.14. The van der Waals surface area contributed by atoms with Crippen molar-refractivity contribution in [1.29, 1.82) is 0 Å². The molecular formula is C13H10ClFN2O2. The second kappa shape index (κ2) is 5.67. The van der Waals surface area contributed by atoms with Crippen molar-refractivity contribution in [2.75, 3.05) is 0 Å². The van der Waals surface area contributed by atoms with Crippen LogP contribution in [0.2, 0.25) is 5.02 Å². The lowest BCUT2D eigenvalue weighted by Crippen LogP contribution is -2.16. The van der Waals surface area contributed by atoms with E-state index in [1.807, 2.05) is 0 Å². The van der Waals surface area contributed by atoms with Gasteiger partial charge in [0, 0.05) is 5.56 Å². The smallest absolute Gasteiger partial charge is 0.307 e. The van der Waals surface area contributed by atoms with Crippen LogP contribution in [0.5, 0.6) is 0 Å². The first-order valence-corrected chi connectivity index (χ1v) is 5.79. The number of nitrogens with zero attached hydrogens (tertiary/aromatic N) is 1. The third kappa shape index (κ3) is 3.20. The molecular weight excluding hydrogens is 271 g/mol. The van der Waals surface area contributed by atoms with Crippen LogP contribution >= 0.6 is 11.6 Å². The summed E-state index contributed by atoms with van der Waals surface area (Å²) in [5.41, 5.74) is 2.34. The highest BCUT2D eigenvalue weighted by Gasteiger charge is 2.09. The molecule has 0 unspecified atom stereocenters. The van der Waals surface area contributed by atoms with E-state index in [1.165, 1.54) is 24.3 Å². The Bertz CT molecular complexity index is 617. The molecule has 2 aromatic rings. The molecule has 0 aliphatic carbocycles. The standard InChI is InChI=1S/C13H10ClFN2O2/c1-8-5-6-12(19-8)13(18)17-16-7-9-10(14)3-2-4-11(9)15/h2-7H,1H3,(H,17,18). The summed E-state index contributed by atoms with van der Waals surface area (Å²) in [7, 11) is 0. The van der Waals surface area contributed by atoms with Crippen molar-refractivity contribution in [2.24, 2.45) is 5.10 Å². The molecule has 1 heterocycles. The van der Waals surface area contributed by atoms with Crippen molar-refractivity contribution in [3.8, 4) is 0 Å². The first kappa shape index (κ1) is 13.3. The summed E-state index contributed by atoms with van der Waals surface area (Å²) in [6.45, 7) is 1.72. The van der Waals surface area contributed by atoms with Crippen LogP contribution in [0.1, 0.15) is 21.9 Å². The number of aryl methyl sites for hydroxylation is 1. The van der Waals surface area contributed by atoms with Gasteiger partial charge in [-0.1, -0.05) is 17.7 Å². The van der Waals surface area contributed by atoms with E-state index in [0.29, 0.717) is 5.76 Å². The van der Waals surface area contributed by atoms with Crippen LogP contribution in [0.4, 0.5) is 4.39 Å². The summed E-state index contributed by atoms with van der Waals surface area (Å²) in [4.78, 5) is 11.6. The predicted molar refractivity (Wildman–Crippen MR) is 69.9 cm³/mol. The normalized spacial score (nSPS) is 10.9. The van der Waals surface area contributed by atoms with Gasteiger partial charge in [0.05, 0.1) is 11.2 Å². The minimum absolute atomic E-state index is 0.111. The molecule has 2 rings (SSSR count). The number of amides is 1. The van der Waals surface area contributed by atoms with E-state index in [-0.39, 0.29) is 16.3 Å². The number of benzene rings is 1. The highest BCUT2D eigenvalue weighted by atomic mass is 35.5. The number of halogens is 2. The number of hydrogen-bond donors (Lipinski definition) is 1. The molecule has 0 radical (unpaired) electrons. The van der Waals surface area contributed by atoms with E-state index in [2.05, 4.69) is 10.5 Å². The molecule has 1 amide bonds. The molecule has 19 heavy (non-hydrogen) atoms. The maximum absolute atomic E-state index is 13.4. The Morgan fingerprint density at radius 3 is 2.84 bits per heavy atom. The quantitative estimate of drug-likeness (QED) is 0.694. The van der Waals surface area contributed by atoms with Gasteiger partial charge in [-0.3, -0.25) is 4.79 Å². The lowest BCUT2D eigenvalue weighted by Gasteiger charge is -1.99. The van der Waals surface area contributed by atoms with Crippen LogP contribution < -0.4 is 5.43 Å². The molecule has 0 bridgehead atoms. The molecule has 1 aromatic heterocycles. The van der Waals surface area contributed by atoms with Crippen LogP contribution in [0.3, 0.4) is 0 Å². The van der Waals surface area contributed by atoms with Crippen molar-refractivity contribution >= 4 is 23.7 Å². The lowest BCUT2D eigenvalue weighted by atomic mass is 10.2. The SMILES string of the molecule is Cc1ccc(C(=O)NN=Cc2c(F)cccc2Cl)o1. The fourth-order valence-electron chi connectivity index (χ4n) is 1.40. The molecule has 0 atom stereocenters. The van der Waals surface area contributed by atoms with Gasteiger partial charge >= 0.3 is 5.91 Å². The Labute approximate surface area is 113 Å². The van der Waals surface area contributed by atoms with Gasteiger partial charge in [0.15, 0.2) is 5.76 Å². The Hall–Kier alpha value is -2.14. The summed E-state index contributed by atoms with van der Waals surface area (Å²) < 4.78 is 18.5. The number of hydrazone groups is 1. The molecule has 0 saturated carbocycles. The van der Waals surface area contributed by atoms with Gasteiger partial charge in [0.2, 0.25) is 0 Å². The molecule has 0 spiro atoms. The number of furan rings is 1. The van der Waals surface area contributed by atoms with E-state index in [0.717, 1.165) is 6.21 Å². The average molecular weight is 281 g/mol. The Kier molecular flexibility index (Phi) is 3.97. The molecule has 0 aliphatic heterocycles. The third-order valence-corrected chi connectivity index (χ3v) is 2.65. The Balaban J connectivity index is 2.06. The van der Waals surface area contributed by atoms with Crippen molar-refractivity contribution in [3.63, 3.8) is 0 Å². The van der Waals surface area contributed by atoms with Crippen molar-refractivity contribution in [3.05, 3.63) is 58.3 Å². The minimum atomic E-state index is -0.517. The van der Waals surface area contributed by atoms with E-state index < -0.39 is 11.7 Å². The number of rotatable bonds is 3. The molecule has 98 valence electrons. The zero-order valence-electron chi connectivity index (χ0n) is 9.98. The van der Waals surface area contributed by atoms with Gasteiger partial charge in [0.1, 0.15) is 11.6 Å². The highest BCUT2D eigenvalue weighted by Crippen LogP contribution is 2.16. The largest absolute Gasteiger partial charge is 0.456 e. The lowest BCUT2D eigenvalue weighted by molar-refractivity contribution is 0.0926.